The molecule has 0 saturated carbocycles. The third-order valence-electron chi connectivity index (χ3n) is 3.92. The van der Waals surface area contributed by atoms with Crippen LogP contribution in [0.2, 0.25) is 0 Å². The zero-order valence-corrected chi connectivity index (χ0v) is 13.5. The van der Waals surface area contributed by atoms with Crippen LogP contribution in [0.15, 0.2) is 28.7 Å². The first-order chi connectivity index (χ1) is 10.6. The summed E-state index contributed by atoms with van der Waals surface area (Å²) < 4.78 is 32.1. The lowest BCUT2D eigenvalue weighted by Crippen LogP contribution is -2.41. The standard InChI is InChI=1S/C15H21N3O3S/c1-2-10-22(19,20)16-11-12-6-5-9-18(12)15-17-13-7-3-4-8-14(13)21-15/h3-4,7-8,12,16H,2,5-6,9-11H2,1H3. The summed E-state index contributed by atoms with van der Waals surface area (Å²) in [5, 5.41) is 0. The number of fused-ring (bicyclic) bond motifs is 1. The van der Waals surface area contributed by atoms with Crippen LogP contribution >= 0.6 is 0 Å². The molecule has 2 heterocycles. The highest BCUT2D eigenvalue weighted by atomic mass is 32.2. The largest absolute Gasteiger partial charge is 0.423 e. The lowest BCUT2D eigenvalue weighted by atomic mass is 10.2. The first kappa shape index (κ1) is 15.3. The molecule has 1 aliphatic heterocycles. The summed E-state index contributed by atoms with van der Waals surface area (Å²) in [4.78, 5) is 6.57. The molecular formula is C15H21N3O3S. The SMILES string of the molecule is CCCS(=O)(=O)NCC1CCCN1c1nc2ccccc2o1. The van der Waals surface area contributed by atoms with Gasteiger partial charge in [0.15, 0.2) is 5.58 Å². The van der Waals surface area contributed by atoms with Gasteiger partial charge in [0.2, 0.25) is 10.0 Å². The highest BCUT2D eigenvalue weighted by Gasteiger charge is 2.29. The van der Waals surface area contributed by atoms with E-state index >= 15 is 0 Å². The minimum atomic E-state index is -3.18. The van der Waals surface area contributed by atoms with Gasteiger partial charge in [0.05, 0.1) is 5.75 Å². The number of hydrogen-bond acceptors (Lipinski definition) is 5. The summed E-state index contributed by atoms with van der Waals surface area (Å²) in [5.41, 5.74) is 1.59. The van der Waals surface area contributed by atoms with Gasteiger partial charge in [-0.2, -0.15) is 4.98 Å². The van der Waals surface area contributed by atoms with Gasteiger partial charge in [0, 0.05) is 19.1 Å². The topological polar surface area (TPSA) is 75.4 Å². The molecule has 6 nitrogen and oxygen atoms in total. The molecule has 1 saturated heterocycles. The number of para-hydroxylation sites is 2. The maximum atomic E-state index is 11.8. The molecule has 0 spiro atoms. The van der Waals surface area contributed by atoms with E-state index in [1.807, 2.05) is 31.2 Å². The van der Waals surface area contributed by atoms with Gasteiger partial charge in [-0.15, -0.1) is 0 Å². The van der Waals surface area contributed by atoms with Crippen molar-refractivity contribution >= 4 is 27.1 Å². The average molecular weight is 323 g/mol. The van der Waals surface area contributed by atoms with Gasteiger partial charge in [0.1, 0.15) is 5.52 Å². The monoisotopic (exact) mass is 323 g/mol. The minimum absolute atomic E-state index is 0.0969. The van der Waals surface area contributed by atoms with Crippen molar-refractivity contribution in [2.24, 2.45) is 0 Å². The van der Waals surface area contributed by atoms with Gasteiger partial charge < -0.3 is 9.32 Å². The van der Waals surface area contributed by atoms with Crippen molar-refractivity contribution in [3.05, 3.63) is 24.3 Å². The van der Waals surface area contributed by atoms with E-state index in [0.29, 0.717) is 19.0 Å². The molecule has 1 fully saturated rings. The molecule has 1 atom stereocenters. The molecule has 1 N–H and O–H groups in total. The lowest BCUT2D eigenvalue weighted by molar-refractivity contribution is 0.533. The maximum absolute atomic E-state index is 11.8. The van der Waals surface area contributed by atoms with Crippen molar-refractivity contribution in [1.82, 2.24) is 9.71 Å². The number of nitrogens with zero attached hydrogens (tertiary/aromatic N) is 2. The summed E-state index contributed by atoms with van der Waals surface area (Å²) in [6, 6.07) is 8.32. The second kappa shape index (κ2) is 6.26. The highest BCUT2D eigenvalue weighted by molar-refractivity contribution is 7.89. The Balaban J connectivity index is 1.73. The number of sulfonamides is 1. The minimum Gasteiger partial charge on any atom is -0.423 e. The number of oxazole rings is 1. The third-order valence-corrected chi connectivity index (χ3v) is 5.47. The Morgan fingerprint density at radius 1 is 1.41 bits per heavy atom. The van der Waals surface area contributed by atoms with E-state index in [9.17, 15) is 8.42 Å². The molecule has 1 aliphatic rings. The van der Waals surface area contributed by atoms with E-state index in [-0.39, 0.29) is 11.8 Å². The molecule has 0 bridgehead atoms. The molecule has 0 aliphatic carbocycles. The van der Waals surface area contributed by atoms with Crippen LogP contribution in [0.4, 0.5) is 6.01 Å². The van der Waals surface area contributed by atoms with Crippen LogP contribution < -0.4 is 9.62 Å². The maximum Gasteiger partial charge on any atom is 0.298 e. The average Bonchev–Trinajstić information content (AvgIpc) is 3.11. The van der Waals surface area contributed by atoms with Gasteiger partial charge in [0.25, 0.3) is 6.01 Å². The van der Waals surface area contributed by atoms with Crippen LogP contribution in [0.25, 0.3) is 11.1 Å². The molecule has 120 valence electrons. The predicted octanol–water partition coefficient (Wildman–Crippen LogP) is 2.13. The van der Waals surface area contributed by atoms with E-state index in [1.165, 1.54) is 0 Å². The molecule has 0 radical (unpaired) electrons. The van der Waals surface area contributed by atoms with E-state index in [0.717, 1.165) is 30.5 Å². The Kier molecular flexibility index (Phi) is 4.35. The number of nitrogens with one attached hydrogen (secondary N) is 1. The van der Waals surface area contributed by atoms with Crippen LogP contribution in [0.3, 0.4) is 0 Å². The van der Waals surface area contributed by atoms with E-state index in [4.69, 9.17) is 4.42 Å². The number of benzene rings is 1. The van der Waals surface area contributed by atoms with Crippen molar-refractivity contribution < 1.29 is 12.8 Å². The van der Waals surface area contributed by atoms with Crippen LogP contribution in [-0.2, 0) is 10.0 Å². The Labute approximate surface area is 130 Å². The first-order valence-corrected chi connectivity index (χ1v) is 9.34. The van der Waals surface area contributed by atoms with Gasteiger partial charge in [-0.25, -0.2) is 13.1 Å². The first-order valence-electron chi connectivity index (χ1n) is 7.68. The van der Waals surface area contributed by atoms with Gasteiger partial charge in [-0.05, 0) is 31.4 Å². The molecule has 3 rings (SSSR count). The second-order valence-electron chi connectivity index (χ2n) is 5.62. The van der Waals surface area contributed by atoms with Gasteiger partial charge in [-0.1, -0.05) is 19.1 Å². The molecule has 1 unspecified atom stereocenters. The summed E-state index contributed by atoms with van der Waals surface area (Å²) in [7, 11) is -3.18. The van der Waals surface area contributed by atoms with Gasteiger partial charge in [-0.3, -0.25) is 0 Å². The summed E-state index contributed by atoms with van der Waals surface area (Å²) in [6.45, 7) is 3.10. The van der Waals surface area contributed by atoms with Crippen LogP contribution in [-0.4, -0.2) is 38.3 Å². The smallest absolute Gasteiger partial charge is 0.298 e. The number of anilines is 1. The summed E-state index contributed by atoms with van der Waals surface area (Å²) >= 11 is 0. The van der Waals surface area contributed by atoms with E-state index < -0.39 is 10.0 Å². The molecule has 2 aromatic rings. The Morgan fingerprint density at radius 2 is 2.23 bits per heavy atom. The van der Waals surface area contributed by atoms with Crippen molar-refractivity contribution in [3.63, 3.8) is 0 Å². The van der Waals surface area contributed by atoms with Crippen molar-refractivity contribution in [2.45, 2.75) is 32.2 Å². The fourth-order valence-corrected chi connectivity index (χ4v) is 3.97. The van der Waals surface area contributed by atoms with Gasteiger partial charge >= 0.3 is 0 Å². The number of hydrogen-bond donors (Lipinski definition) is 1. The zero-order chi connectivity index (χ0) is 15.6. The Morgan fingerprint density at radius 3 is 3.00 bits per heavy atom. The fraction of sp³-hybridized carbons (Fsp3) is 0.533. The second-order valence-corrected chi connectivity index (χ2v) is 7.55. The number of aromatic nitrogens is 1. The van der Waals surface area contributed by atoms with Crippen molar-refractivity contribution in [2.75, 3.05) is 23.7 Å². The molecule has 7 heteroatoms. The third kappa shape index (κ3) is 3.25. The molecule has 1 aromatic carbocycles. The van der Waals surface area contributed by atoms with Crippen molar-refractivity contribution in [1.29, 1.82) is 0 Å². The van der Waals surface area contributed by atoms with E-state index in [1.54, 1.807) is 0 Å². The lowest BCUT2D eigenvalue weighted by Gasteiger charge is -2.22. The van der Waals surface area contributed by atoms with Crippen molar-refractivity contribution in [3.8, 4) is 0 Å². The number of rotatable bonds is 6. The fourth-order valence-electron chi connectivity index (χ4n) is 2.85. The molecule has 22 heavy (non-hydrogen) atoms. The summed E-state index contributed by atoms with van der Waals surface area (Å²) in [6.07, 6.45) is 2.57. The van der Waals surface area contributed by atoms with Crippen LogP contribution in [0.5, 0.6) is 0 Å². The quantitative estimate of drug-likeness (QED) is 0.881. The molecule has 0 amide bonds. The highest BCUT2D eigenvalue weighted by Crippen LogP contribution is 2.28. The summed E-state index contributed by atoms with van der Waals surface area (Å²) in [5.74, 6) is 0.169. The Hall–Kier alpha value is -1.60. The normalized spacial score (nSPS) is 19.1. The Bertz CT molecular complexity index is 708. The van der Waals surface area contributed by atoms with Crippen LogP contribution in [0.1, 0.15) is 26.2 Å². The predicted molar refractivity (Wildman–Crippen MR) is 86.5 cm³/mol. The zero-order valence-electron chi connectivity index (χ0n) is 12.7. The molecule has 1 aromatic heterocycles. The molecular weight excluding hydrogens is 302 g/mol. The van der Waals surface area contributed by atoms with Crippen LogP contribution in [0, 0.1) is 0 Å². The van der Waals surface area contributed by atoms with E-state index in [2.05, 4.69) is 14.6 Å².